The van der Waals surface area contributed by atoms with E-state index in [1.54, 1.807) is 0 Å². The Hall–Kier alpha value is -0.0400. The molecule has 0 aliphatic heterocycles. The third kappa shape index (κ3) is 14.7. The summed E-state index contributed by atoms with van der Waals surface area (Å²) in [5.74, 6) is 0.887. The first-order valence-corrected chi connectivity index (χ1v) is 9.97. The van der Waals surface area contributed by atoms with E-state index in [1.807, 2.05) is 0 Å². The largest absolute Gasteiger partial charge is 0.314 e. The molecule has 0 heterocycles. The van der Waals surface area contributed by atoms with Gasteiger partial charge in [0.25, 0.3) is 0 Å². The van der Waals surface area contributed by atoms with Crippen molar-refractivity contribution in [2.75, 3.05) is 6.54 Å². The number of hydrogen-bond acceptors (Lipinski definition) is 1. The topological polar surface area (TPSA) is 12.0 Å². The highest BCUT2D eigenvalue weighted by atomic mass is 14.9. The summed E-state index contributed by atoms with van der Waals surface area (Å²) in [7, 11) is 0. The van der Waals surface area contributed by atoms with Gasteiger partial charge in [0.15, 0.2) is 0 Å². The Morgan fingerprint density at radius 2 is 1.24 bits per heavy atom. The molecular weight excluding hydrogens is 254 g/mol. The van der Waals surface area contributed by atoms with Crippen molar-refractivity contribution in [1.29, 1.82) is 0 Å². The zero-order valence-corrected chi connectivity index (χ0v) is 15.6. The monoisotopic (exact) mass is 297 g/mol. The second-order valence-corrected chi connectivity index (χ2v) is 7.00. The Labute approximate surface area is 135 Å². The number of unbranched alkanes of at least 4 members (excludes halogenated alkanes) is 8. The van der Waals surface area contributed by atoms with Crippen molar-refractivity contribution in [3.8, 4) is 0 Å². The van der Waals surface area contributed by atoms with Crippen molar-refractivity contribution < 1.29 is 0 Å². The van der Waals surface area contributed by atoms with Crippen molar-refractivity contribution in [2.24, 2.45) is 5.92 Å². The molecule has 0 aliphatic carbocycles. The average molecular weight is 298 g/mol. The molecule has 0 aliphatic rings. The molecule has 1 nitrogen and oxygen atoms in total. The SMILES string of the molecule is CCCCCCCCCCCC(CC(C)CCC)NCC. The smallest absolute Gasteiger partial charge is 0.00694 e. The van der Waals surface area contributed by atoms with E-state index in [-0.39, 0.29) is 0 Å². The molecule has 0 spiro atoms. The molecule has 0 saturated carbocycles. The first-order chi connectivity index (χ1) is 10.2. The fourth-order valence-corrected chi connectivity index (χ4v) is 3.39. The second kappa shape index (κ2) is 16.3. The molecule has 0 saturated heterocycles. The van der Waals surface area contributed by atoms with Crippen molar-refractivity contribution in [3.05, 3.63) is 0 Å². The van der Waals surface area contributed by atoms with Crippen molar-refractivity contribution in [2.45, 2.75) is 117 Å². The first-order valence-electron chi connectivity index (χ1n) is 9.97. The minimum absolute atomic E-state index is 0.765. The van der Waals surface area contributed by atoms with Crippen LogP contribution >= 0.6 is 0 Å². The lowest BCUT2D eigenvalue weighted by Crippen LogP contribution is -2.30. The number of rotatable bonds is 16. The van der Waals surface area contributed by atoms with Gasteiger partial charge in [-0.25, -0.2) is 0 Å². The molecule has 0 aromatic carbocycles. The predicted molar refractivity (Wildman–Crippen MR) is 98.0 cm³/mol. The molecule has 2 atom stereocenters. The maximum absolute atomic E-state index is 3.70. The lowest BCUT2D eigenvalue weighted by molar-refractivity contribution is 0.362. The van der Waals surface area contributed by atoms with E-state index in [0.717, 1.165) is 18.5 Å². The average Bonchev–Trinajstić information content (AvgIpc) is 2.46. The van der Waals surface area contributed by atoms with Crippen LogP contribution in [0.2, 0.25) is 0 Å². The van der Waals surface area contributed by atoms with E-state index in [0.29, 0.717) is 0 Å². The number of nitrogens with one attached hydrogen (secondary N) is 1. The summed E-state index contributed by atoms with van der Waals surface area (Å²) in [6.45, 7) is 10.4. The third-order valence-corrected chi connectivity index (χ3v) is 4.62. The Kier molecular flexibility index (Phi) is 16.3. The highest BCUT2D eigenvalue weighted by Gasteiger charge is 2.11. The van der Waals surface area contributed by atoms with Gasteiger partial charge in [0.1, 0.15) is 0 Å². The molecule has 1 N–H and O–H groups in total. The van der Waals surface area contributed by atoms with Gasteiger partial charge in [-0.15, -0.1) is 0 Å². The fraction of sp³-hybridized carbons (Fsp3) is 1.00. The van der Waals surface area contributed by atoms with Crippen LogP contribution in [0.4, 0.5) is 0 Å². The van der Waals surface area contributed by atoms with Crippen LogP contribution in [0.15, 0.2) is 0 Å². The molecule has 128 valence electrons. The molecular formula is C20H43N. The maximum Gasteiger partial charge on any atom is 0.00694 e. The minimum Gasteiger partial charge on any atom is -0.314 e. The summed E-state index contributed by atoms with van der Waals surface area (Å²) in [6.07, 6.45) is 18.4. The van der Waals surface area contributed by atoms with Gasteiger partial charge in [-0.05, 0) is 25.3 Å². The summed E-state index contributed by atoms with van der Waals surface area (Å²) < 4.78 is 0. The van der Waals surface area contributed by atoms with E-state index >= 15 is 0 Å². The summed E-state index contributed by atoms with van der Waals surface area (Å²) in [5.41, 5.74) is 0. The highest BCUT2D eigenvalue weighted by Crippen LogP contribution is 2.17. The molecule has 1 heteroatoms. The van der Waals surface area contributed by atoms with Crippen LogP contribution in [0.5, 0.6) is 0 Å². The van der Waals surface area contributed by atoms with E-state index in [1.165, 1.54) is 83.5 Å². The number of hydrogen-bond donors (Lipinski definition) is 1. The van der Waals surface area contributed by atoms with Gasteiger partial charge in [-0.2, -0.15) is 0 Å². The minimum atomic E-state index is 0.765. The molecule has 0 bridgehead atoms. The maximum atomic E-state index is 3.70. The molecule has 0 aromatic rings. The van der Waals surface area contributed by atoms with Gasteiger partial charge in [0.05, 0.1) is 0 Å². The Bertz CT molecular complexity index is 190. The van der Waals surface area contributed by atoms with Crippen LogP contribution in [0.25, 0.3) is 0 Å². The van der Waals surface area contributed by atoms with Crippen LogP contribution < -0.4 is 5.32 Å². The second-order valence-electron chi connectivity index (χ2n) is 7.00. The van der Waals surface area contributed by atoms with Gasteiger partial charge in [-0.3, -0.25) is 0 Å². The Morgan fingerprint density at radius 1 is 0.667 bits per heavy atom. The van der Waals surface area contributed by atoms with Crippen LogP contribution in [-0.4, -0.2) is 12.6 Å². The Balaban J connectivity index is 3.51. The van der Waals surface area contributed by atoms with Crippen molar-refractivity contribution in [1.82, 2.24) is 5.32 Å². The Morgan fingerprint density at radius 3 is 1.76 bits per heavy atom. The zero-order chi connectivity index (χ0) is 15.8. The standard InChI is InChI=1S/C20H43N/c1-5-8-9-10-11-12-13-14-15-17-20(21-7-3)18-19(4)16-6-2/h19-21H,5-18H2,1-4H3. The van der Waals surface area contributed by atoms with Crippen LogP contribution in [0.3, 0.4) is 0 Å². The van der Waals surface area contributed by atoms with Gasteiger partial charge in [0.2, 0.25) is 0 Å². The van der Waals surface area contributed by atoms with Gasteiger partial charge < -0.3 is 5.32 Å². The van der Waals surface area contributed by atoms with E-state index in [9.17, 15) is 0 Å². The highest BCUT2D eigenvalue weighted by molar-refractivity contribution is 4.69. The molecule has 0 rings (SSSR count). The van der Waals surface area contributed by atoms with E-state index in [2.05, 4.69) is 33.0 Å². The lowest BCUT2D eigenvalue weighted by atomic mass is 9.94. The molecule has 0 aromatic heterocycles. The predicted octanol–water partition coefficient (Wildman–Crippen LogP) is 6.71. The summed E-state index contributed by atoms with van der Waals surface area (Å²) in [4.78, 5) is 0. The van der Waals surface area contributed by atoms with Gasteiger partial charge in [0, 0.05) is 6.04 Å². The van der Waals surface area contributed by atoms with E-state index in [4.69, 9.17) is 0 Å². The van der Waals surface area contributed by atoms with Crippen molar-refractivity contribution in [3.63, 3.8) is 0 Å². The van der Waals surface area contributed by atoms with Crippen LogP contribution in [0.1, 0.15) is 111 Å². The zero-order valence-electron chi connectivity index (χ0n) is 15.6. The van der Waals surface area contributed by atoms with Gasteiger partial charge >= 0.3 is 0 Å². The third-order valence-electron chi connectivity index (χ3n) is 4.62. The molecule has 0 fully saturated rings. The van der Waals surface area contributed by atoms with Crippen LogP contribution in [0, 0.1) is 5.92 Å². The summed E-state index contributed by atoms with van der Waals surface area (Å²) >= 11 is 0. The summed E-state index contributed by atoms with van der Waals surface area (Å²) in [6, 6.07) is 0.765. The molecule has 0 amide bonds. The molecule has 21 heavy (non-hydrogen) atoms. The molecule has 2 unspecified atom stereocenters. The van der Waals surface area contributed by atoms with Crippen molar-refractivity contribution >= 4 is 0 Å². The fourth-order valence-electron chi connectivity index (χ4n) is 3.39. The van der Waals surface area contributed by atoms with Crippen LogP contribution in [-0.2, 0) is 0 Å². The first kappa shape index (κ1) is 21.0. The van der Waals surface area contributed by atoms with E-state index < -0.39 is 0 Å². The normalized spacial score (nSPS) is 14.3. The lowest BCUT2D eigenvalue weighted by Gasteiger charge is -2.21. The summed E-state index contributed by atoms with van der Waals surface area (Å²) in [5, 5.41) is 3.70. The van der Waals surface area contributed by atoms with Gasteiger partial charge in [-0.1, -0.05) is 98.3 Å². The molecule has 0 radical (unpaired) electrons. The quantitative estimate of drug-likeness (QED) is 0.312.